The number of nitrogens with two attached hydrogens (primary N) is 1. The second-order valence-electron chi connectivity index (χ2n) is 9.49. The summed E-state index contributed by atoms with van der Waals surface area (Å²) in [6.45, 7) is 4.49. The SMILES string of the molecule is Cc1cc(C)c2c(Cn3c(=O)n([C@H](C(=O)O)C4CCCCC4)c4cc(N)ccc43)c[nH]c2c1. The zero-order valence-electron chi connectivity index (χ0n) is 19.1. The van der Waals surface area contributed by atoms with Crippen molar-refractivity contribution < 1.29 is 9.90 Å². The summed E-state index contributed by atoms with van der Waals surface area (Å²) in [5, 5.41) is 11.3. The van der Waals surface area contributed by atoms with Crippen molar-refractivity contribution in [1.82, 2.24) is 14.1 Å². The number of aromatic nitrogens is 3. The first-order chi connectivity index (χ1) is 15.8. The number of nitrogens with zero attached hydrogens (tertiary/aromatic N) is 2. The highest BCUT2D eigenvalue weighted by Crippen LogP contribution is 2.35. The molecule has 172 valence electrons. The summed E-state index contributed by atoms with van der Waals surface area (Å²) in [5.74, 6) is -1.02. The maximum atomic E-state index is 13.8. The molecule has 1 atom stereocenters. The van der Waals surface area contributed by atoms with Gasteiger partial charge in [-0.05, 0) is 73.6 Å². The van der Waals surface area contributed by atoms with Crippen molar-refractivity contribution in [2.24, 2.45) is 5.92 Å². The molecule has 1 fully saturated rings. The minimum atomic E-state index is -0.955. The van der Waals surface area contributed by atoms with Crippen LogP contribution in [0.1, 0.15) is 54.8 Å². The predicted octanol–water partition coefficient (Wildman–Crippen LogP) is 4.74. The fourth-order valence-corrected chi connectivity index (χ4v) is 5.73. The Morgan fingerprint density at radius 2 is 1.91 bits per heavy atom. The predicted molar refractivity (Wildman–Crippen MR) is 131 cm³/mol. The fourth-order valence-electron chi connectivity index (χ4n) is 5.73. The number of imidazole rings is 1. The molecule has 7 nitrogen and oxygen atoms in total. The number of H-pyrrole nitrogens is 1. The quantitative estimate of drug-likeness (QED) is 0.385. The van der Waals surface area contributed by atoms with Crippen molar-refractivity contribution in [3.63, 3.8) is 0 Å². The lowest BCUT2D eigenvalue weighted by molar-refractivity contribution is -0.143. The number of hydrogen-bond donors (Lipinski definition) is 3. The molecule has 0 saturated heterocycles. The van der Waals surface area contributed by atoms with Gasteiger partial charge in [-0.1, -0.05) is 25.3 Å². The summed E-state index contributed by atoms with van der Waals surface area (Å²) in [6, 6.07) is 8.67. The van der Waals surface area contributed by atoms with Gasteiger partial charge in [0.1, 0.15) is 6.04 Å². The minimum Gasteiger partial charge on any atom is -0.480 e. The maximum Gasteiger partial charge on any atom is 0.330 e. The largest absolute Gasteiger partial charge is 0.480 e. The number of carboxylic acids is 1. The fraction of sp³-hybridized carbons (Fsp3) is 0.385. The van der Waals surface area contributed by atoms with E-state index in [0.717, 1.165) is 54.1 Å². The monoisotopic (exact) mass is 446 g/mol. The molecule has 1 aliphatic rings. The molecule has 5 rings (SSSR count). The van der Waals surface area contributed by atoms with Crippen LogP contribution in [-0.4, -0.2) is 25.2 Å². The van der Waals surface area contributed by atoms with E-state index < -0.39 is 12.0 Å². The number of nitrogen functional groups attached to an aromatic ring is 1. The van der Waals surface area contributed by atoms with Crippen molar-refractivity contribution in [2.75, 3.05) is 5.73 Å². The highest BCUT2D eigenvalue weighted by molar-refractivity contribution is 5.88. The van der Waals surface area contributed by atoms with Gasteiger partial charge in [-0.25, -0.2) is 9.59 Å². The van der Waals surface area contributed by atoms with Crippen LogP contribution in [-0.2, 0) is 11.3 Å². The molecule has 2 aromatic carbocycles. The summed E-state index contributed by atoms with van der Waals surface area (Å²) in [7, 11) is 0. The summed E-state index contributed by atoms with van der Waals surface area (Å²) in [4.78, 5) is 29.6. The Morgan fingerprint density at radius 3 is 2.64 bits per heavy atom. The third-order valence-corrected chi connectivity index (χ3v) is 7.15. The molecule has 1 saturated carbocycles. The van der Waals surface area contributed by atoms with Gasteiger partial charge in [0.25, 0.3) is 0 Å². The van der Waals surface area contributed by atoms with E-state index in [4.69, 9.17) is 5.73 Å². The third kappa shape index (κ3) is 3.61. The number of carbonyl (C=O) groups is 1. The van der Waals surface area contributed by atoms with E-state index in [1.165, 1.54) is 10.1 Å². The molecule has 0 amide bonds. The standard InChI is InChI=1S/C26H30N4O3/c1-15-10-16(2)23-18(13-28-20(23)11-15)14-29-21-9-8-19(27)12-22(21)30(26(29)33)24(25(31)32)17-6-4-3-5-7-17/h8-13,17,24,28H,3-7,14,27H2,1-2H3,(H,31,32)/t24-/m0/s1. The van der Waals surface area contributed by atoms with Crippen molar-refractivity contribution in [1.29, 1.82) is 0 Å². The molecule has 7 heteroatoms. The number of nitrogens with one attached hydrogen (secondary N) is 1. The lowest BCUT2D eigenvalue weighted by atomic mass is 9.83. The van der Waals surface area contributed by atoms with Crippen LogP contribution < -0.4 is 11.4 Å². The summed E-state index contributed by atoms with van der Waals surface area (Å²) in [5.41, 5.74) is 11.9. The van der Waals surface area contributed by atoms with Crippen LogP contribution in [0.15, 0.2) is 41.3 Å². The first-order valence-electron chi connectivity index (χ1n) is 11.7. The summed E-state index contributed by atoms with van der Waals surface area (Å²) in [6.07, 6.45) is 6.69. The molecule has 0 aliphatic heterocycles. The molecular formula is C26H30N4O3. The molecular weight excluding hydrogens is 416 g/mol. The van der Waals surface area contributed by atoms with Gasteiger partial charge in [-0.3, -0.25) is 9.13 Å². The second kappa shape index (κ2) is 8.14. The van der Waals surface area contributed by atoms with Gasteiger partial charge >= 0.3 is 11.7 Å². The highest BCUT2D eigenvalue weighted by Gasteiger charge is 2.34. The number of aromatic amines is 1. The Balaban J connectivity index is 1.69. The molecule has 0 bridgehead atoms. The zero-order valence-corrected chi connectivity index (χ0v) is 19.1. The highest BCUT2D eigenvalue weighted by atomic mass is 16.4. The van der Waals surface area contributed by atoms with Crippen molar-refractivity contribution in [2.45, 2.75) is 58.5 Å². The van der Waals surface area contributed by atoms with E-state index in [1.54, 1.807) is 16.7 Å². The van der Waals surface area contributed by atoms with Crippen LogP contribution in [0, 0.1) is 19.8 Å². The molecule has 0 unspecified atom stereocenters. The van der Waals surface area contributed by atoms with Gasteiger partial charge in [-0.15, -0.1) is 0 Å². The van der Waals surface area contributed by atoms with Crippen LogP contribution >= 0.6 is 0 Å². The smallest absolute Gasteiger partial charge is 0.330 e. The lowest BCUT2D eigenvalue weighted by Crippen LogP contribution is -2.36. The van der Waals surface area contributed by atoms with E-state index in [-0.39, 0.29) is 11.6 Å². The number of hydrogen-bond acceptors (Lipinski definition) is 3. The second-order valence-corrected chi connectivity index (χ2v) is 9.49. The number of aliphatic carboxylic acids is 1. The topological polar surface area (TPSA) is 106 Å². The van der Waals surface area contributed by atoms with E-state index >= 15 is 0 Å². The summed E-state index contributed by atoms with van der Waals surface area (Å²) >= 11 is 0. The Labute approximate surface area is 191 Å². The Bertz CT molecular complexity index is 1420. The van der Waals surface area contributed by atoms with E-state index in [0.29, 0.717) is 23.3 Å². The van der Waals surface area contributed by atoms with Gasteiger partial charge < -0.3 is 15.8 Å². The number of fused-ring (bicyclic) bond motifs is 2. The minimum absolute atomic E-state index is 0.0623. The first kappa shape index (κ1) is 21.4. The average molecular weight is 447 g/mol. The molecule has 4 N–H and O–H groups in total. The van der Waals surface area contributed by atoms with Crippen molar-refractivity contribution in [3.05, 3.63) is 63.7 Å². The zero-order chi connectivity index (χ0) is 23.3. The van der Waals surface area contributed by atoms with Crippen LogP contribution in [0.25, 0.3) is 21.9 Å². The third-order valence-electron chi connectivity index (χ3n) is 7.15. The number of carboxylic acid groups (broad SMARTS) is 1. The number of rotatable bonds is 5. The summed E-state index contributed by atoms with van der Waals surface area (Å²) < 4.78 is 3.17. The number of anilines is 1. The van der Waals surface area contributed by atoms with E-state index in [2.05, 4.69) is 31.0 Å². The van der Waals surface area contributed by atoms with Crippen LogP contribution in [0.4, 0.5) is 5.69 Å². The van der Waals surface area contributed by atoms with Gasteiger partial charge in [0.2, 0.25) is 0 Å². The van der Waals surface area contributed by atoms with Gasteiger partial charge in [0, 0.05) is 22.8 Å². The van der Waals surface area contributed by atoms with Crippen molar-refractivity contribution in [3.8, 4) is 0 Å². The Hall–Kier alpha value is -3.48. The normalized spacial score (nSPS) is 15.9. The lowest BCUT2D eigenvalue weighted by Gasteiger charge is -2.28. The number of benzene rings is 2. The molecule has 2 aromatic heterocycles. The Morgan fingerprint density at radius 1 is 1.15 bits per heavy atom. The first-order valence-corrected chi connectivity index (χ1v) is 11.7. The van der Waals surface area contributed by atoms with Gasteiger partial charge in [0.05, 0.1) is 17.6 Å². The molecule has 33 heavy (non-hydrogen) atoms. The Kier molecular flexibility index (Phi) is 5.27. The van der Waals surface area contributed by atoms with Crippen LogP contribution in [0.2, 0.25) is 0 Å². The molecule has 2 heterocycles. The maximum absolute atomic E-state index is 13.8. The van der Waals surface area contributed by atoms with E-state index in [9.17, 15) is 14.7 Å². The molecule has 4 aromatic rings. The van der Waals surface area contributed by atoms with Crippen molar-refractivity contribution >= 4 is 33.6 Å². The molecule has 0 spiro atoms. The van der Waals surface area contributed by atoms with Gasteiger partial charge in [-0.2, -0.15) is 0 Å². The molecule has 1 aliphatic carbocycles. The van der Waals surface area contributed by atoms with Gasteiger partial charge in [0.15, 0.2) is 0 Å². The average Bonchev–Trinajstić information content (AvgIpc) is 3.29. The molecule has 0 radical (unpaired) electrons. The number of aryl methyl sites for hydroxylation is 2. The van der Waals surface area contributed by atoms with Crippen LogP contribution in [0.3, 0.4) is 0 Å². The van der Waals surface area contributed by atoms with Crippen LogP contribution in [0.5, 0.6) is 0 Å². The van der Waals surface area contributed by atoms with E-state index in [1.807, 2.05) is 12.3 Å².